The van der Waals surface area contributed by atoms with E-state index in [1.807, 2.05) is 6.92 Å². The number of aliphatic hydroxyl groups excluding tert-OH is 1. The predicted octanol–water partition coefficient (Wildman–Crippen LogP) is 1.83. The number of benzene rings is 1. The van der Waals surface area contributed by atoms with Gasteiger partial charge in [-0.2, -0.15) is 0 Å². The summed E-state index contributed by atoms with van der Waals surface area (Å²) in [6.07, 6.45) is 0.841. The third-order valence-electron chi connectivity index (χ3n) is 3.64. The summed E-state index contributed by atoms with van der Waals surface area (Å²) in [4.78, 5) is 23.9. The number of rotatable bonds is 3. The number of nitro benzene ring substituents is 1. The number of carbonyl (C=O) groups is 1. The minimum atomic E-state index is -0.510. The summed E-state index contributed by atoms with van der Waals surface area (Å²) in [5.74, 6) is 0.246. The molecule has 2 amide bonds. The monoisotopic (exact) mass is 279 g/mol. The Bertz CT molecular complexity index is 520. The third-order valence-corrected chi connectivity index (χ3v) is 3.64. The van der Waals surface area contributed by atoms with Crippen molar-refractivity contribution in [2.24, 2.45) is 5.92 Å². The van der Waals surface area contributed by atoms with Crippen LogP contribution in [0.25, 0.3) is 0 Å². The van der Waals surface area contributed by atoms with Crippen LogP contribution < -0.4 is 5.32 Å². The molecule has 0 saturated carbocycles. The van der Waals surface area contributed by atoms with E-state index in [0.29, 0.717) is 12.2 Å². The Hall–Kier alpha value is -2.15. The smallest absolute Gasteiger partial charge is 0.322 e. The molecule has 1 fully saturated rings. The molecule has 2 N–H and O–H groups in total. The van der Waals surface area contributed by atoms with E-state index in [1.54, 1.807) is 11.0 Å². The van der Waals surface area contributed by atoms with Gasteiger partial charge in [-0.25, -0.2) is 4.79 Å². The van der Waals surface area contributed by atoms with Crippen molar-refractivity contribution in [2.75, 3.05) is 18.5 Å². The van der Waals surface area contributed by atoms with Gasteiger partial charge in [-0.15, -0.1) is 0 Å². The minimum Gasteiger partial charge on any atom is -0.394 e. The summed E-state index contributed by atoms with van der Waals surface area (Å²) in [6.45, 7) is 2.48. The summed E-state index contributed by atoms with van der Waals surface area (Å²) in [5.41, 5.74) is 0.303. The number of nitrogens with one attached hydrogen (secondary N) is 1. The number of carbonyl (C=O) groups excluding carboxylic acids is 1. The molecule has 1 aliphatic heterocycles. The van der Waals surface area contributed by atoms with Crippen molar-refractivity contribution < 1.29 is 14.8 Å². The van der Waals surface area contributed by atoms with E-state index in [4.69, 9.17) is 0 Å². The van der Waals surface area contributed by atoms with E-state index in [2.05, 4.69) is 5.32 Å². The number of hydrogen-bond acceptors (Lipinski definition) is 4. The van der Waals surface area contributed by atoms with Crippen molar-refractivity contribution in [3.63, 3.8) is 0 Å². The van der Waals surface area contributed by atoms with Gasteiger partial charge in [0.25, 0.3) is 5.69 Å². The van der Waals surface area contributed by atoms with Crippen molar-refractivity contribution in [1.29, 1.82) is 0 Å². The first kappa shape index (κ1) is 14.3. The van der Waals surface area contributed by atoms with Gasteiger partial charge in [0.1, 0.15) is 0 Å². The molecule has 7 nitrogen and oxygen atoms in total. The number of hydrogen-bond donors (Lipinski definition) is 2. The molecule has 1 aromatic carbocycles. The molecule has 0 aliphatic carbocycles. The van der Waals surface area contributed by atoms with E-state index in [9.17, 15) is 20.0 Å². The maximum atomic E-state index is 12.1. The third kappa shape index (κ3) is 2.88. The summed E-state index contributed by atoms with van der Waals surface area (Å²) >= 11 is 0. The fraction of sp³-hybridized carbons (Fsp3) is 0.462. The second-order valence-electron chi connectivity index (χ2n) is 4.95. The molecule has 20 heavy (non-hydrogen) atoms. The molecule has 0 radical (unpaired) electrons. The highest BCUT2D eigenvalue weighted by molar-refractivity contribution is 5.90. The average molecular weight is 279 g/mol. The lowest BCUT2D eigenvalue weighted by Gasteiger charge is -2.25. The Balaban J connectivity index is 2.08. The van der Waals surface area contributed by atoms with E-state index in [0.717, 1.165) is 6.42 Å². The van der Waals surface area contributed by atoms with Gasteiger partial charge in [-0.1, -0.05) is 13.0 Å². The topological polar surface area (TPSA) is 95.7 Å². The van der Waals surface area contributed by atoms with Crippen LogP contribution in [0.15, 0.2) is 24.3 Å². The first-order chi connectivity index (χ1) is 9.52. The molecule has 0 bridgehead atoms. The predicted molar refractivity (Wildman–Crippen MR) is 73.5 cm³/mol. The standard InChI is InChI=1S/C13H17N3O4/c1-9-5-6-15(12(9)8-17)13(18)14-10-3-2-4-11(7-10)16(19)20/h2-4,7,9,12,17H,5-6,8H2,1H3,(H,14,18). The Kier molecular flexibility index (Phi) is 4.19. The van der Waals surface area contributed by atoms with Crippen LogP contribution in [0.1, 0.15) is 13.3 Å². The molecule has 2 rings (SSSR count). The highest BCUT2D eigenvalue weighted by Gasteiger charge is 2.33. The zero-order valence-electron chi connectivity index (χ0n) is 11.2. The molecule has 0 aromatic heterocycles. The maximum absolute atomic E-state index is 12.1. The number of aliphatic hydroxyl groups is 1. The van der Waals surface area contributed by atoms with Crippen LogP contribution in [-0.4, -0.2) is 40.2 Å². The van der Waals surface area contributed by atoms with Crippen LogP contribution in [0.5, 0.6) is 0 Å². The van der Waals surface area contributed by atoms with Crippen molar-refractivity contribution in [3.05, 3.63) is 34.4 Å². The first-order valence-electron chi connectivity index (χ1n) is 6.46. The van der Waals surface area contributed by atoms with Gasteiger partial charge in [-0.3, -0.25) is 10.1 Å². The van der Waals surface area contributed by atoms with Crippen LogP contribution in [0.3, 0.4) is 0 Å². The Morgan fingerprint density at radius 3 is 3.00 bits per heavy atom. The fourth-order valence-electron chi connectivity index (χ4n) is 2.43. The molecule has 1 saturated heterocycles. The van der Waals surface area contributed by atoms with Crippen LogP contribution in [0.4, 0.5) is 16.2 Å². The largest absolute Gasteiger partial charge is 0.394 e. The summed E-state index contributed by atoms with van der Waals surface area (Å²) in [6, 6.07) is 5.25. The van der Waals surface area contributed by atoms with Crippen LogP contribution in [0, 0.1) is 16.0 Å². The Morgan fingerprint density at radius 1 is 1.60 bits per heavy atom. The highest BCUT2D eigenvalue weighted by Crippen LogP contribution is 2.25. The number of nitrogens with zero attached hydrogens (tertiary/aromatic N) is 2. The number of non-ortho nitro benzene ring substituents is 1. The highest BCUT2D eigenvalue weighted by atomic mass is 16.6. The SMILES string of the molecule is CC1CCN(C(=O)Nc2cccc([N+](=O)[O-])c2)C1CO. The number of urea groups is 1. The summed E-state index contributed by atoms with van der Waals surface area (Å²) < 4.78 is 0. The Morgan fingerprint density at radius 2 is 2.35 bits per heavy atom. The van der Waals surface area contributed by atoms with Crippen LogP contribution in [-0.2, 0) is 0 Å². The van der Waals surface area contributed by atoms with E-state index in [-0.39, 0.29) is 30.3 Å². The van der Waals surface area contributed by atoms with Crippen molar-refractivity contribution in [1.82, 2.24) is 4.90 Å². The molecule has 1 aromatic rings. The number of anilines is 1. The second kappa shape index (κ2) is 5.87. The molecule has 1 heterocycles. The van der Waals surface area contributed by atoms with E-state index < -0.39 is 4.92 Å². The lowest BCUT2D eigenvalue weighted by atomic mass is 10.0. The van der Waals surface area contributed by atoms with Crippen molar-refractivity contribution >= 4 is 17.4 Å². The fourth-order valence-corrected chi connectivity index (χ4v) is 2.43. The molecular weight excluding hydrogens is 262 g/mol. The number of likely N-dealkylation sites (tertiary alicyclic amines) is 1. The average Bonchev–Trinajstić information content (AvgIpc) is 2.80. The van der Waals surface area contributed by atoms with E-state index in [1.165, 1.54) is 18.2 Å². The van der Waals surface area contributed by atoms with Gasteiger partial charge in [0.05, 0.1) is 17.6 Å². The van der Waals surface area contributed by atoms with E-state index >= 15 is 0 Å². The maximum Gasteiger partial charge on any atom is 0.322 e. The molecule has 0 spiro atoms. The molecule has 2 atom stereocenters. The normalized spacial score (nSPS) is 21.8. The molecule has 7 heteroatoms. The van der Waals surface area contributed by atoms with Gasteiger partial charge in [0.2, 0.25) is 0 Å². The first-order valence-corrected chi connectivity index (χ1v) is 6.46. The van der Waals surface area contributed by atoms with Gasteiger partial charge in [0, 0.05) is 24.4 Å². The van der Waals surface area contributed by atoms with Crippen LogP contribution in [0.2, 0.25) is 0 Å². The van der Waals surface area contributed by atoms with Crippen molar-refractivity contribution in [3.8, 4) is 0 Å². The van der Waals surface area contributed by atoms with Crippen LogP contribution >= 0.6 is 0 Å². The minimum absolute atomic E-state index is 0.0729. The zero-order valence-corrected chi connectivity index (χ0v) is 11.2. The second-order valence-corrected chi connectivity index (χ2v) is 4.95. The number of nitro groups is 1. The van der Waals surface area contributed by atoms with Gasteiger partial charge >= 0.3 is 6.03 Å². The van der Waals surface area contributed by atoms with Gasteiger partial charge in [0.15, 0.2) is 0 Å². The molecule has 108 valence electrons. The quantitative estimate of drug-likeness (QED) is 0.651. The lowest BCUT2D eigenvalue weighted by molar-refractivity contribution is -0.384. The summed E-state index contributed by atoms with van der Waals surface area (Å²) in [5, 5.41) is 22.6. The zero-order chi connectivity index (χ0) is 14.7. The lowest BCUT2D eigenvalue weighted by Crippen LogP contribution is -2.42. The molecule has 2 unspecified atom stereocenters. The van der Waals surface area contributed by atoms with Gasteiger partial charge < -0.3 is 15.3 Å². The van der Waals surface area contributed by atoms with Gasteiger partial charge in [-0.05, 0) is 18.4 Å². The number of amides is 2. The summed E-state index contributed by atoms with van der Waals surface area (Å²) in [7, 11) is 0. The Labute approximate surface area is 116 Å². The van der Waals surface area contributed by atoms with Crippen molar-refractivity contribution in [2.45, 2.75) is 19.4 Å². The molecular formula is C13H17N3O4. The molecule has 1 aliphatic rings.